The van der Waals surface area contributed by atoms with Crippen molar-refractivity contribution >= 4 is 17.5 Å². The molecule has 26 heavy (non-hydrogen) atoms. The first-order chi connectivity index (χ1) is 12.8. The first kappa shape index (κ1) is 18.1. The van der Waals surface area contributed by atoms with Gasteiger partial charge in [0.05, 0.1) is 0 Å². The van der Waals surface area contributed by atoms with E-state index in [9.17, 15) is 4.79 Å². The van der Waals surface area contributed by atoms with Crippen molar-refractivity contribution < 1.29 is 10.0 Å². The molecule has 0 aliphatic carbocycles. The summed E-state index contributed by atoms with van der Waals surface area (Å²) in [5.41, 5.74) is 2.34. The molecule has 138 valence electrons. The number of nitrogens with one attached hydrogen (secondary N) is 2. The molecule has 0 atom stereocenters. The lowest BCUT2D eigenvalue weighted by Gasteiger charge is -2.22. The highest BCUT2D eigenvalue weighted by atomic mass is 16.5. The fourth-order valence-electron chi connectivity index (χ4n) is 2.96. The summed E-state index contributed by atoms with van der Waals surface area (Å²) in [4.78, 5) is 27.1. The minimum Gasteiger partial charge on any atom is -0.369 e. The van der Waals surface area contributed by atoms with Crippen LogP contribution in [0.25, 0.3) is 11.5 Å². The topological polar surface area (TPSA) is 103 Å². The van der Waals surface area contributed by atoms with Crippen LogP contribution in [0.2, 0.25) is 0 Å². The standard InChI is InChI=1S/C18H24N6O2/c25-17(23-26)8-10-20-15-13-16(24-11-5-1-2-6-12-24)22-18(21-15)14-7-3-4-9-19-14/h3-4,7,9,13,26H,1-2,5-6,8,10-12H2,(H,23,25)(H,20,21,22). The van der Waals surface area contributed by atoms with E-state index in [0.717, 1.165) is 31.7 Å². The van der Waals surface area contributed by atoms with Gasteiger partial charge in [-0.15, -0.1) is 0 Å². The van der Waals surface area contributed by atoms with Gasteiger partial charge >= 0.3 is 0 Å². The van der Waals surface area contributed by atoms with Crippen molar-refractivity contribution in [3.63, 3.8) is 0 Å². The summed E-state index contributed by atoms with van der Waals surface area (Å²) in [6.07, 6.45) is 6.67. The van der Waals surface area contributed by atoms with Crippen molar-refractivity contribution in [3.05, 3.63) is 30.5 Å². The molecule has 2 aromatic rings. The molecule has 0 aromatic carbocycles. The maximum Gasteiger partial charge on any atom is 0.245 e. The number of hydrogen-bond donors (Lipinski definition) is 3. The van der Waals surface area contributed by atoms with Crippen molar-refractivity contribution in [2.24, 2.45) is 0 Å². The van der Waals surface area contributed by atoms with Crippen molar-refractivity contribution in [2.45, 2.75) is 32.1 Å². The molecule has 8 heteroatoms. The molecule has 1 aliphatic rings. The molecular formula is C18H24N6O2. The quantitative estimate of drug-likeness (QED) is 0.538. The number of rotatable bonds is 6. The Labute approximate surface area is 152 Å². The Morgan fingerprint density at radius 1 is 1.15 bits per heavy atom. The molecule has 0 radical (unpaired) electrons. The molecule has 2 aromatic heterocycles. The maximum atomic E-state index is 11.2. The molecule has 0 bridgehead atoms. The zero-order chi connectivity index (χ0) is 18.2. The van der Waals surface area contributed by atoms with Gasteiger partial charge in [0.15, 0.2) is 5.82 Å². The zero-order valence-electron chi connectivity index (χ0n) is 14.7. The molecule has 1 fully saturated rings. The van der Waals surface area contributed by atoms with E-state index >= 15 is 0 Å². The number of aromatic nitrogens is 3. The van der Waals surface area contributed by atoms with Crippen LogP contribution in [-0.2, 0) is 4.79 Å². The second-order valence-electron chi connectivity index (χ2n) is 6.26. The van der Waals surface area contributed by atoms with Gasteiger partial charge in [-0.3, -0.25) is 15.0 Å². The number of anilines is 2. The summed E-state index contributed by atoms with van der Waals surface area (Å²) in [6.45, 7) is 2.32. The van der Waals surface area contributed by atoms with E-state index in [2.05, 4.69) is 20.2 Å². The first-order valence-electron chi connectivity index (χ1n) is 8.98. The van der Waals surface area contributed by atoms with Crippen molar-refractivity contribution in [2.75, 3.05) is 29.9 Å². The second kappa shape index (κ2) is 9.10. The molecule has 3 heterocycles. The van der Waals surface area contributed by atoms with Crippen LogP contribution < -0.4 is 15.7 Å². The van der Waals surface area contributed by atoms with Crippen LogP contribution >= 0.6 is 0 Å². The number of carbonyl (C=O) groups excluding carboxylic acids is 1. The largest absolute Gasteiger partial charge is 0.369 e. The molecule has 0 unspecified atom stereocenters. The van der Waals surface area contributed by atoms with Gasteiger partial charge in [-0.2, -0.15) is 0 Å². The van der Waals surface area contributed by atoms with Gasteiger partial charge in [-0.1, -0.05) is 18.9 Å². The number of carbonyl (C=O) groups is 1. The fraction of sp³-hybridized carbons (Fsp3) is 0.444. The van der Waals surface area contributed by atoms with E-state index in [-0.39, 0.29) is 6.42 Å². The third-order valence-electron chi connectivity index (χ3n) is 4.32. The number of hydroxylamine groups is 1. The highest BCUT2D eigenvalue weighted by Gasteiger charge is 2.15. The summed E-state index contributed by atoms with van der Waals surface area (Å²) in [7, 11) is 0. The minimum absolute atomic E-state index is 0.151. The van der Waals surface area contributed by atoms with E-state index < -0.39 is 5.91 Å². The van der Waals surface area contributed by atoms with Crippen LogP contribution in [0.1, 0.15) is 32.1 Å². The number of hydrogen-bond acceptors (Lipinski definition) is 7. The van der Waals surface area contributed by atoms with Crippen LogP contribution in [0, 0.1) is 0 Å². The van der Waals surface area contributed by atoms with Crippen molar-refractivity contribution in [1.82, 2.24) is 20.4 Å². The molecule has 1 amide bonds. The smallest absolute Gasteiger partial charge is 0.245 e. The Kier molecular flexibility index (Phi) is 6.32. The maximum absolute atomic E-state index is 11.2. The van der Waals surface area contributed by atoms with Gasteiger partial charge in [-0.25, -0.2) is 15.4 Å². The van der Waals surface area contributed by atoms with Gasteiger partial charge in [0.25, 0.3) is 0 Å². The molecule has 0 spiro atoms. The predicted molar refractivity (Wildman–Crippen MR) is 99.0 cm³/mol. The van der Waals surface area contributed by atoms with Gasteiger partial charge in [0.1, 0.15) is 17.3 Å². The zero-order valence-corrected chi connectivity index (χ0v) is 14.7. The average Bonchev–Trinajstić information content (AvgIpc) is 2.98. The molecule has 8 nitrogen and oxygen atoms in total. The average molecular weight is 356 g/mol. The summed E-state index contributed by atoms with van der Waals surface area (Å²) in [5, 5.41) is 11.7. The van der Waals surface area contributed by atoms with Gasteiger partial charge < -0.3 is 10.2 Å². The Morgan fingerprint density at radius 3 is 2.65 bits per heavy atom. The van der Waals surface area contributed by atoms with E-state index in [1.54, 1.807) is 11.7 Å². The lowest BCUT2D eigenvalue weighted by atomic mass is 10.2. The summed E-state index contributed by atoms with van der Waals surface area (Å²) in [6, 6.07) is 7.55. The van der Waals surface area contributed by atoms with Crippen LogP contribution in [-0.4, -0.2) is 45.7 Å². The van der Waals surface area contributed by atoms with Crippen LogP contribution in [0.4, 0.5) is 11.6 Å². The predicted octanol–water partition coefficient (Wildman–Crippen LogP) is 2.23. The summed E-state index contributed by atoms with van der Waals surface area (Å²) < 4.78 is 0. The van der Waals surface area contributed by atoms with E-state index in [1.165, 1.54) is 12.8 Å². The Bertz CT molecular complexity index is 717. The SMILES string of the molecule is O=C(CCNc1cc(N2CCCCCC2)nc(-c2ccccn2)n1)NO. The molecule has 3 N–H and O–H groups in total. The molecule has 1 aliphatic heterocycles. The number of pyridine rings is 1. The third kappa shape index (κ3) is 4.89. The van der Waals surface area contributed by atoms with Crippen molar-refractivity contribution in [1.29, 1.82) is 0 Å². The second-order valence-corrected chi connectivity index (χ2v) is 6.26. The molecule has 3 rings (SSSR count). The van der Waals surface area contributed by atoms with Crippen LogP contribution in [0.15, 0.2) is 30.5 Å². The Balaban J connectivity index is 1.85. The lowest BCUT2D eigenvalue weighted by Crippen LogP contribution is -2.25. The number of nitrogens with zero attached hydrogens (tertiary/aromatic N) is 4. The van der Waals surface area contributed by atoms with Gasteiger partial charge in [0, 0.05) is 38.3 Å². The fourth-order valence-corrected chi connectivity index (χ4v) is 2.96. The normalized spacial score (nSPS) is 14.6. The molecular weight excluding hydrogens is 332 g/mol. The monoisotopic (exact) mass is 356 g/mol. The highest BCUT2D eigenvalue weighted by molar-refractivity contribution is 5.75. The van der Waals surface area contributed by atoms with Crippen LogP contribution in [0.3, 0.4) is 0 Å². The Morgan fingerprint density at radius 2 is 1.96 bits per heavy atom. The number of amides is 1. The third-order valence-corrected chi connectivity index (χ3v) is 4.32. The van der Waals surface area contributed by atoms with E-state index in [0.29, 0.717) is 23.9 Å². The van der Waals surface area contributed by atoms with E-state index in [4.69, 9.17) is 10.2 Å². The summed E-state index contributed by atoms with van der Waals surface area (Å²) in [5.74, 6) is 1.63. The minimum atomic E-state index is -0.441. The molecule has 0 saturated carbocycles. The summed E-state index contributed by atoms with van der Waals surface area (Å²) >= 11 is 0. The van der Waals surface area contributed by atoms with Crippen LogP contribution in [0.5, 0.6) is 0 Å². The Hall–Kier alpha value is -2.74. The molecule has 1 saturated heterocycles. The van der Waals surface area contributed by atoms with Gasteiger partial charge in [0.2, 0.25) is 5.91 Å². The van der Waals surface area contributed by atoms with Crippen molar-refractivity contribution in [3.8, 4) is 11.5 Å². The first-order valence-corrected chi connectivity index (χ1v) is 8.98. The van der Waals surface area contributed by atoms with E-state index in [1.807, 2.05) is 24.3 Å². The highest BCUT2D eigenvalue weighted by Crippen LogP contribution is 2.23. The van der Waals surface area contributed by atoms with Gasteiger partial charge in [-0.05, 0) is 25.0 Å². The lowest BCUT2D eigenvalue weighted by molar-refractivity contribution is -0.128.